The van der Waals surface area contributed by atoms with E-state index in [9.17, 15) is 9.59 Å². The van der Waals surface area contributed by atoms with Crippen LogP contribution in [0.15, 0.2) is 47.4 Å². The summed E-state index contributed by atoms with van der Waals surface area (Å²) in [5.74, 6) is 0.701. The quantitative estimate of drug-likeness (QED) is 0.490. The molecule has 2 heterocycles. The first-order valence-electron chi connectivity index (χ1n) is 10.6. The van der Waals surface area contributed by atoms with Crippen LogP contribution in [0.4, 0.5) is 10.8 Å². The Morgan fingerprint density at radius 3 is 2.53 bits per heavy atom. The van der Waals surface area contributed by atoms with E-state index in [-0.39, 0.29) is 17.7 Å². The van der Waals surface area contributed by atoms with E-state index in [1.54, 1.807) is 11.8 Å². The molecule has 0 bridgehead atoms. The van der Waals surface area contributed by atoms with Crippen molar-refractivity contribution in [3.05, 3.63) is 64.2 Å². The van der Waals surface area contributed by atoms with E-state index in [4.69, 9.17) is 0 Å². The minimum absolute atomic E-state index is 0.0106. The van der Waals surface area contributed by atoms with Gasteiger partial charge in [0.2, 0.25) is 16.9 Å². The Morgan fingerprint density at radius 1 is 1.09 bits per heavy atom. The van der Waals surface area contributed by atoms with Crippen molar-refractivity contribution < 1.29 is 9.59 Å². The van der Waals surface area contributed by atoms with Crippen molar-refractivity contribution in [3.63, 3.8) is 0 Å². The molecule has 1 aliphatic heterocycles. The number of hydrogen-bond donors (Lipinski definition) is 1. The summed E-state index contributed by atoms with van der Waals surface area (Å²) in [6.45, 7) is 6.71. The number of carbonyl (C=O) groups is 2. The number of benzene rings is 2. The van der Waals surface area contributed by atoms with Crippen molar-refractivity contribution in [1.29, 1.82) is 0 Å². The third kappa shape index (κ3) is 5.55. The molecule has 0 radical (unpaired) electrons. The number of nitrogens with zero attached hydrogens (tertiary/aromatic N) is 3. The van der Waals surface area contributed by atoms with E-state index in [2.05, 4.69) is 52.8 Å². The molecule has 1 aromatic heterocycles. The molecule has 0 spiro atoms. The van der Waals surface area contributed by atoms with Gasteiger partial charge in [0.1, 0.15) is 5.01 Å². The normalized spacial score (nSPS) is 15.9. The Balaban J connectivity index is 1.31. The molecule has 8 heteroatoms. The highest BCUT2D eigenvalue weighted by molar-refractivity contribution is 7.99. The lowest BCUT2D eigenvalue weighted by atomic mass is 10.1. The first kappa shape index (κ1) is 22.5. The van der Waals surface area contributed by atoms with Gasteiger partial charge in [-0.1, -0.05) is 35.1 Å². The van der Waals surface area contributed by atoms with Gasteiger partial charge in [-0.3, -0.25) is 9.59 Å². The van der Waals surface area contributed by atoms with Gasteiger partial charge < -0.3 is 10.2 Å². The maximum Gasteiger partial charge on any atom is 0.227 e. The number of hydrogen-bond acceptors (Lipinski definition) is 6. The summed E-state index contributed by atoms with van der Waals surface area (Å²) in [6.07, 6.45) is 0.804. The lowest BCUT2D eigenvalue weighted by Gasteiger charge is -2.17. The molecule has 1 saturated heterocycles. The highest BCUT2D eigenvalue weighted by atomic mass is 32.2. The van der Waals surface area contributed by atoms with Crippen LogP contribution in [0.2, 0.25) is 0 Å². The number of amides is 2. The smallest absolute Gasteiger partial charge is 0.227 e. The highest BCUT2D eigenvalue weighted by Gasteiger charge is 2.34. The molecule has 1 N–H and O–H groups in total. The fourth-order valence-corrected chi connectivity index (χ4v) is 5.46. The maximum atomic E-state index is 12.6. The summed E-state index contributed by atoms with van der Waals surface area (Å²) in [5.41, 5.74) is 4.43. The average Bonchev–Trinajstić information content (AvgIpc) is 3.35. The van der Waals surface area contributed by atoms with E-state index >= 15 is 0 Å². The van der Waals surface area contributed by atoms with Crippen LogP contribution in [-0.4, -0.2) is 34.3 Å². The summed E-state index contributed by atoms with van der Waals surface area (Å²) in [5, 5.41) is 12.5. The van der Waals surface area contributed by atoms with E-state index in [1.807, 2.05) is 30.9 Å². The molecule has 4 rings (SSSR count). The van der Waals surface area contributed by atoms with Crippen LogP contribution in [0.3, 0.4) is 0 Å². The van der Waals surface area contributed by atoms with Crippen LogP contribution in [0.1, 0.15) is 40.5 Å². The molecule has 2 aromatic carbocycles. The van der Waals surface area contributed by atoms with Gasteiger partial charge in [-0.15, -0.1) is 22.0 Å². The number of aromatic nitrogens is 2. The molecule has 1 atom stereocenters. The zero-order chi connectivity index (χ0) is 22.7. The second-order valence-corrected chi connectivity index (χ2v) is 10.3. The Bertz CT molecular complexity index is 1110. The summed E-state index contributed by atoms with van der Waals surface area (Å²) < 4.78 is 0. The van der Waals surface area contributed by atoms with Crippen molar-refractivity contribution in [1.82, 2.24) is 10.2 Å². The number of thioether (sulfide) groups is 1. The summed E-state index contributed by atoms with van der Waals surface area (Å²) in [7, 11) is 0. The number of carbonyl (C=O) groups excluding carboxylic acids is 2. The number of rotatable bonds is 7. The van der Waals surface area contributed by atoms with Crippen LogP contribution < -0.4 is 10.2 Å². The van der Waals surface area contributed by atoms with Gasteiger partial charge in [-0.25, -0.2) is 0 Å². The van der Waals surface area contributed by atoms with Crippen LogP contribution in [0, 0.1) is 20.8 Å². The van der Waals surface area contributed by atoms with Crippen LogP contribution in [0.5, 0.6) is 0 Å². The van der Waals surface area contributed by atoms with Crippen molar-refractivity contribution in [2.75, 3.05) is 22.5 Å². The predicted octanol–water partition coefficient (Wildman–Crippen LogP) is 5.10. The zero-order valence-electron chi connectivity index (χ0n) is 18.4. The lowest BCUT2D eigenvalue weighted by Crippen LogP contribution is -2.24. The Labute approximate surface area is 196 Å². The number of nitrogens with one attached hydrogen (secondary N) is 1. The van der Waals surface area contributed by atoms with Gasteiger partial charge >= 0.3 is 0 Å². The minimum atomic E-state index is -0.0772. The Kier molecular flexibility index (Phi) is 6.91. The molecule has 3 aromatic rings. The zero-order valence-corrected chi connectivity index (χ0v) is 20.1. The predicted molar refractivity (Wildman–Crippen MR) is 131 cm³/mol. The van der Waals surface area contributed by atoms with Crippen LogP contribution in [0.25, 0.3) is 0 Å². The summed E-state index contributed by atoms with van der Waals surface area (Å²) in [4.78, 5) is 27.9. The molecule has 0 aliphatic carbocycles. The molecule has 1 fully saturated rings. The van der Waals surface area contributed by atoms with Gasteiger partial charge in [0.05, 0.1) is 0 Å². The van der Waals surface area contributed by atoms with Crippen LogP contribution >= 0.6 is 23.1 Å². The molecule has 32 heavy (non-hydrogen) atoms. The number of aryl methyl sites for hydroxylation is 3. The minimum Gasteiger partial charge on any atom is -0.312 e. The van der Waals surface area contributed by atoms with Crippen molar-refractivity contribution >= 4 is 45.7 Å². The first-order chi connectivity index (χ1) is 15.4. The fourth-order valence-electron chi connectivity index (χ4n) is 3.76. The maximum absolute atomic E-state index is 12.6. The standard InChI is InChI=1S/C24H26N4O2S2/c1-15-4-6-20(7-5-15)31-9-8-21(29)25-24-27-26-23(32-24)18-13-22(30)28(14-18)19-11-16(2)10-17(3)12-19/h4-7,10-12,18H,8-9,13-14H2,1-3H3,(H,25,27,29). The lowest BCUT2D eigenvalue weighted by molar-refractivity contribution is -0.117. The Morgan fingerprint density at radius 2 is 1.81 bits per heavy atom. The van der Waals surface area contributed by atoms with Crippen LogP contribution in [-0.2, 0) is 9.59 Å². The van der Waals surface area contributed by atoms with Gasteiger partial charge in [-0.05, 0) is 56.2 Å². The molecular formula is C24H26N4O2S2. The Hall–Kier alpha value is -2.71. The molecule has 1 aliphatic rings. The van der Waals surface area contributed by atoms with Crippen molar-refractivity contribution in [2.24, 2.45) is 0 Å². The molecule has 1 unspecified atom stereocenters. The summed E-state index contributed by atoms with van der Waals surface area (Å²) in [6, 6.07) is 14.4. The SMILES string of the molecule is Cc1ccc(SCCC(=O)Nc2nnc(C3CC(=O)N(c4cc(C)cc(C)c4)C3)s2)cc1. The monoisotopic (exact) mass is 466 g/mol. The third-order valence-electron chi connectivity index (χ3n) is 5.30. The van der Waals surface area contributed by atoms with Gasteiger partial charge in [-0.2, -0.15) is 0 Å². The van der Waals surface area contributed by atoms with Gasteiger partial charge in [0.15, 0.2) is 0 Å². The second-order valence-electron chi connectivity index (χ2n) is 8.16. The molecule has 166 valence electrons. The third-order valence-corrected chi connectivity index (χ3v) is 7.31. The van der Waals surface area contributed by atoms with Crippen molar-refractivity contribution in [3.8, 4) is 0 Å². The fraction of sp³-hybridized carbons (Fsp3) is 0.333. The van der Waals surface area contributed by atoms with Gasteiger partial charge in [0.25, 0.3) is 0 Å². The molecule has 0 saturated carbocycles. The first-order valence-corrected chi connectivity index (χ1v) is 12.4. The largest absolute Gasteiger partial charge is 0.312 e. The topological polar surface area (TPSA) is 75.2 Å². The van der Waals surface area contributed by atoms with E-state index < -0.39 is 0 Å². The van der Waals surface area contributed by atoms with E-state index in [0.717, 1.165) is 26.7 Å². The highest BCUT2D eigenvalue weighted by Crippen LogP contribution is 2.35. The molecular weight excluding hydrogens is 440 g/mol. The van der Waals surface area contributed by atoms with E-state index in [1.165, 1.54) is 16.9 Å². The molecule has 6 nitrogen and oxygen atoms in total. The van der Waals surface area contributed by atoms with Crippen molar-refractivity contribution in [2.45, 2.75) is 44.4 Å². The van der Waals surface area contributed by atoms with Gasteiger partial charge in [0, 0.05) is 41.6 Å². The molecule has 2 amide bonds. The average molecular weight is 467 g/mol. The van der Waals surface area contributed by atoms with E-state index in [0.29, 0.717) is 30.3 Å². The summed E-state index contributed by atoms with van der Waals surface area (Å²) >= 11 is 3.01. The second kappa shape index (κ2) is 9.83. The number of anilines is 2.